The van der Waals surface area contributed by atoms with Gasteiger partial charge in [-0.3, -0.25) is 4.79 Å². The summed E-state index contributed by atoms with van der Waals surface area (Å²) in [5, 5.41) is 4.06. The van der Waals surface area contributed by atoms with E-state index in [9.17, 15) is 4.79 Å². The van der Waals surface area contributed by atoms with Crippen LogP contribution in [0.25, 0.3) is 5.65 Å². The third kappa shape index (κ3) is 2.45. The molecule has 2 aromatic heterocycles. The largest absolute Gasteiger partial charge is 0.299 e. The van der Waals surface area contributed by atoms with E-state index in [2.05, 4.69) is 10.1 Å². The van der Waals surface area contributed by atoms with Gasteiger partial charge in [0.25, 0.3) is 0 Å². The van der Waals surface area contributed by atoms with Gasteiger partial charge < -0.3 is 0 Å². The van der Waals surface area contributed by atoms with Gasteiger partial charge in [0.2, 0.25) is 0 Å². The maximum Gasteiger partial charge on any atom is 0.155 e. The second kappa shape index (κ2) is 4.43. The van der Waals surface area contributed by atoms with Crippen molar-refractivity contribution < 1.29 is 4.79 Å². The van der Waals surface area contributed by atoms with Crippen molar-refractivity contribution in [2.24, 2.45) is 5.92 Å². The molecular weight excluding hydrogens is 202 g/mol. The van der Waals surface area contributed by atoms with Gasteiger partial charge in [0.05, 0.1) is 11.9 Å². The van der Waals surface area contributed by atoms with E-state index in [0.717, 1.165) is 11.3 Å². The zero-order valence-corrected chi connectivity index (χ0v) is 9.55. The minimum absolute atomic E-state index is 0.242. The molecule has 0 amide bonds. The first-order chi connectivity index (χ1) is 7.65. The summed E-state index contributed by atoms with van der Waals surface area (Å²) in [6, 6.07) is 3.68. The lowest BCUT2D eigenvalue weighted by Crippen LogP contribution is -2.08. The third-order valence-electron chi connectivity index (χ3n) is 2.33. The number of aromatic nitrogens is 3. The molecule has 4 heteroatoms. The zero-order valence-electron chi connectivity index (χ0n) is 9.55. The Morgan fingerprint density at radius 2 is 2.25 bits per heavy atom. The van der Waals surface area contributed by atoms with Gasteiger partial charge in [0, 0.05) is 25.1 Å². The summed E-state index contributed by atoms with van der Waals surface area (Å²) in [5.74, 6) is 0.651. The summed E-state index contributed by atoms with van der Waals surface area (Å²) in [7, 11) is 0. The highest BCUT2D eigenvalue weighted by Gasteiger charge is 2.08. The number of hydrogen-bond donors (Lipinski definition) is 0. The number of ketones is 1. The van der Waals surface area contributed by atoms with Gasteiger partial charge >= 0.3 is 0 Å². The SMILES string of the molecule is CC(C)CC(=O)Cc1ccn2nccc2n1. The standard InChI is InChI=1S/C12H15N3O/c1-9(2)7-11(16)8-10-4-6-15-12(14-10)3-5-13-15/h3-6,9H,7-8H2,1-2H3. The summed E-state index contributed by atoms with van der Waals surface area (Å²) < 4.78 is 1.69. The molecule has 0 fully saturated rings. The van der Waals surface area contributed by atoms with Crippen molar-refractivity contribution in [2.45, 2.75) is 26.7 Å². The van der Waals surface area contributed by atoms with E-state index in [4.69, 9.17) is 0 Å². The van der Waals surface area contributed by atoms with Crippen LogP contribution in [0, 0.1) is 5.92 Å². The lowest BCUT2D eigenvalue weighted by Gasteiger charge is -2.03. The van der Waals surface area contributed by atoms with E-state index >= 15 is 0 Å². The Hall–Kier alpha value is -1.71. The quantitative estimate of drug-likeness (QED) is 0.785. The molecule has 0 radical (unpaired) electrons. The Bertz CT molecular complexity index is 502. The van der Waals surface area contributed by atoms with Crippen LogP contribution in [0.4, 0.5) is 0 Å². The fraction of sp³-hybridized carbons (Fsp3) is 0.417. The highest BCUT2D eigenvalue weighted by atomic mass is 16.1. The summed E-state index contributed by atoms with van der Waals surface area (Å²) in [6.07, 6.45) is 4.56. The molecule has 0 N–H and O–H groups in total. The van der Waals surface area contributed by atoms with E-state index in [1.807, 2.05) is 32.2 Å². The Morgan fingerprint density at radius 1 is 1.44 bits per heavy atom. The molecule has 2 aromatic rings. The highest BCUT2D eigenvalue weighted by Crippen LogP contribution is 2.06. The Kier molecular flexibility index (Phi) is 2.99. The monoisotopic (exact) mass is 217 g/mol. The third-order valence-corrected chi connectivity index (χ3v) is 2.33. The Morgan fingerprint density at radius 3 is 3.00 bits per heavy atom. The van der Waals surface area contributed by atoms with Crippen LogP contribution in [0.2, 0.25) is 0 Å². The fourth-order valence-electron chi connectivity index (χ4n) is 1.68. The summed E-state index contributed by atoms with van der Waals surface area (Å²) in [6.45, 7) is 4.09. The van der Waals surface area contributed by atoms with Crippen LogP contribution in [0.1, 0.15) is 26.0 Å². The molecule has 0 aliphatic carbocycles. The fourth-order valence-corrected chi connectivity index (χ4v) is 1.68. The first kappa shape index (κ1) is 10.8. The normalized spacial score (nSPS) is 11.2. The van der Waals surface area contributed by atoms with Crippen molar-refractivity contribution in [1.29, 1.82) is 0 Å². The van der Waals surface area contributed by atoms with Crippen molar-refractivity contribution in [3.8, 4) is 0 Å². The molecule has 0 aromatic carbocycles. The number of rotatable bonds is 4. The molecule has 0 spiro atoms. The van der Waals surface area contributed by atoms with Gasteiger partial charge in [0.1, 0.15) is 5.78 Å². The van der Waals surface area contributed by atoms with E-state index < -0.39 is 0 Å². The number of carbonyl (C=O) groups is 1. The summed E-state index contributed by atoms with van der Waals surface area (Å²) in [4.78, 5) is 16.0. The van der Waals surface area contributed by atoms with Crippen LogP contribution in [0.3, 0.4) is 0 Å². The van der Waals surface area contributed by atoms with Crippen LogP contribution >= 0.6 is 0 Å². The number of hydrogen-bond acceptors (Lipinski definition) is 3. The van der Waals surface area contributed by atoms with Gasteiger partial charge in [-0.25, -0.2) is 9.50 Å². The predicted octanol–water partition coefficient (Wildman–Crippen LogP) is 1.89. The zero-order chi connectivity index (χ0) is 11.5. The van der Waals surface area contributed by atoms with Gasteiger partial charge in [-0.1, -0.05) is 13.8 Å². The minimum atomic E-state index is 0.242. The molecule has 16 heavy (non-hydrogen) atoms. The summed E-state index contributed by atoms with van der Waals surface area (Å²) in [5.41, 5.74) is 1.61. The molecule has 0 aliphatic heterocycles. The lowest BCUT2D eigenvalue weighted by molar-refractivity contribution is -0.119. The first-order valence-electron chi connectivity index (χ1n) is 5.46. The number of fused-ring (bicyclic) bond motifs is 1. The van der Waals surface area contributed by atoms with E-state index in [1.165, 1.54) is 0 Å². The molecule has 2 heterocycles. The topological polar surface area (TPSA) is 47.3 Å². The second-order valence-electron chi connectivity index (χ2n) is 4.37. The van der Waals surface area contributed by atoms with Crippen molar-refractivity contribution in [3.63, 3.8) is 0 Å². The average Bonchev–Trinajstić information content (AvgIpc) is 2.63. The maximum atomic E-state index is 11.6. The van der Waals surface area contributed by atoms with Gasteiger partial charge in [-0.15, -0.1) is 0 Å². The van der Waals surface area contributed by atoms with Crippen LogP contribution in [-0.4, -0.2) is 20.4 Å². The van der Waals surface area contributed by atoms with Gasteiger partial charge in [0.15, 0.2) is 5.65 Å². The van der Waals surface area contributed by atoms with Gasteiger partial charge in [-0.05, 0) is 12.0 Å². The lowest BCUT2D eigenvalue weighted by atomic mass is 10.0. The van der Waals surface area contributed by atoms with Crippen LogP contribution in [0.5, 0.6) is 0 Å². The Labute approximate surface area is 94.3 Å². The number of Topliss-reactive ketones (excluding diaryl/α,β-unsaturated/α-hetero) is 1. The number of carbonyl (C=O) groups excluding carboxylic acids is 1. The summed E-state index contributed by atoms with van der Waals surface area (Å²) >= 11 is 0. The van der Waals surface area contributed by atoms with Crippen molar-refractivity contribution in [1.82, 2.24) is 14.6 Å². The highest BCUT2D eigenvalue weighted by molar-refractivity contribution is 5.80. The molecule has 0 unspecified atom stereocenters. The van der Waals surface area contributed by atoms with Crippen molar-refractivity contribution in [3.05, 3.63) is 30.2 Å². The van der Waals surface area contributed by atoms with Crippen LogP contribution in [0.15, 0.2) is 24.5 Å². The molecule has 2 rings (SSSR count). The second-order valence-corrected chi connectivity index (χ2v) is 4.37. The average molecular weight is 217 g/mol. The minimum Gasteiger partial charge on any atom is -0.299 e. The van der Waals surface area contributed by atoms with Crippen LogP contribution in [-0.2, 0) is 11.2 Å². The first-order valence-corrected chi connectivity index (χ1v) is 5.46. The molecule has 84 valence electrons. The van der Waals surface area contributed by atoms with E-state index in [0.29, 0.717) is 18.8 Å². The molecule has 4 nitrogen and oxygen atoms in total. The smallest absolute Gasteiger partial charge is 0.155 e. The van der Waals surface area contributed by atoms with E-state index in [1.54, 1.807) is 10.7 Å². The van der Waals surface area contributed by atoms with Gasteiger partial charge in [-0.2, -0.15) is 5.10 Å². The predicted molar refractivity (Wildman–Crippen MR) is 61.2 cm³/mol. The van der Waals surface area contributed by atoms with Crippen molar-refractivity contribution >= 4 is 11.4 Å². The molecule has 0 saturated carbocycles. The molecule has 0 aliphatic rings. The Balaban J connectivity index is 2.11. The molecule has 0 bridgehead atoms. The molecular formula is C12H15N3O. The number of nitrogens with zero attached hydrogens (tertiary/aromatic N) is 3. The molecule has 0 saturated heterocycles. The van der Waals surface area contributed by atoms with E-state index in [-0.39, 0.29) is 5.78 Å². The van der Waals surface area contributed by atoms with Crippen molar-refractivity contribution in [2.75, 3.05) is 0 Å². The maximum absolute atomic E-state index is 11.6. The van der Waals surface area contributed by atoms with Crippen LogP contribution < -0.4 is 0 Å². The molecule has 0 atom stereocenters.